The lowest BCUT2D eigenvalue weighted by Crippen LogP contribution is -2.65. The summed E-state index contributed by atoms with van der Waals surface area (Å²) in [4.78, 5) is 42.3. The summed E-state index contributed by atoms with van der Waals surface area (Å²) in [6.45, 7) is 5.92. The summed E-state index contributed by atoms with van der Waals surface area (Å²) >= 11 is 0. The minimum Gasteiger partial charge on any atom is -0.508 e. The number of amides is 1. The van der Waals surface area contributed by atoms with Crippen molar-refractivity contribution in [3.8, 4) is 5.75 Å². The molecule has 4 rings (SSSR count). The van der Waals surface area contributed by atoms with Crippen LogP contribution < -0.4 is 5.73 Å². The molecule has 13 heteroatoms. The molecule has 1 fully saturated rings. The van der Waals surface area contributed by atoms with E-state index in [4.69, 9.17) is 5.73 Å². The van der Waals surface area contributed by atoms with Crippen LogP contribution in [0, 0.1) is 11.8 Å². The van der Waals surface area contributed by atoms with E-state index in [1.165, 1.54) is 19.0 Å². The molecule has 42 heavy (non-hydrogen) atoms. The number of ketones is 2. The number of likely N-dealkylation sites (N-methyl/N-ethyl adjacent to an activating group) is 1. The highest BCUT2D eigenvalue weighted by Gasteiger charge is 2.64. The van der Waals surface area contributed by atoms with Crippen LogP contribution >= 0.6 is 0 Å². The van der Waals surface area contributed by atoms with Crippen molar-refractivity contribution >= 4 is 23.2 Å². The maximum Gasteiger partial charge on any atom is 0.417 e. The number of phenolic OH excluding ortho intramolecular Hbond substituents is 1. The molecule has 6 N–H and O–H groups in total. The van der Waals surface area contributed by atoms with E-state index in [-0.39, 0.29) is 24.6 Å². The first-order valence-corrected chi connectivity index (χ1v) is 13.8. The van der Waals surface area contributed by atoms with Gasteiger partial charge in [-0.3, -0.25) is 24.2 Å². The van der Waals surface area contributed by atoms with Gasteiger partial charge < -0.3 is 26.2 Å². The maximum absolute atomic E-state index is 14.7. The Morgan fingerprint density at radius 3 is 2.31 bits per heavy atom. The number of hydrogen-bond donors (Lipinski definition) is 5. The van der Waals surface area contributed by atoms with Gasteiger partial charge >= 0.3 is 6.18 Å². The minimum atomic E-state index is -4.89. The molecule has 0 unspecified atom stereocenters. The van der Waals surface area contributed by atoms with Gasteiger partial charge in [0.05, 0.1) is 17.2 Å². The second kappa shape index (κ2) is 10.7. The van der Waals surface area contributed by atoms with Crippen molar-refractivity contribution in [3.63, 3.8) is 0 Å². The number of fused-ring (bicyclic) bond motifs is 3. The Hall–Kier alpha value is -3.42. The topological polar surface area (TPSA) is 165 Å². The van der Waals surface area contributed by atoms with Gasteiger partial charge in [0.25, 0.3) is 5.91 Å². The van der Waals surface area contributed by atoms with Crippen LogP contribution in [-0.2, 0) is 33.5 Å². The van der Waals surface area contributed by atoms with E-state index in [1.807, 2.05) is 25.7 Å². The van der Waals surface area contributed by atoms with Crippen LogP contribution in [0.2, 0.25) is 0 Å². The highest BCUT2D eigenvalue weighted by molar-refractivity contribution is 6.24. The Labute approximate surface area is 240 Å². The minimum absolute atomic E-state index is 0.0550. The molecule has 1 aromatic carbocycles. The van der Waals surface area contributed by atoms with Gasteiger partial charge in [-0.1, -0.05) is 13.8 Å². The van der Waals surface area contributed by atoms with Crippen LogP contribution in [0.15, 0.2) is 23.0 Å². The van der Waals surface area contributed by atoms with Crippen molar-refractivity contribution in [2.75, 3.05) is 20.6 Å². The van der Waals surface area contributed by atoms with E-state index in [2.05, 4.69) is 0 Å². The lowest BCUT2D eigenvalue weighted by atomic mass is 9.57. The fourth-order valence-electron chi connectivity index (χ4n) is 6.92. The summed E-state index contributed by atoms with van der Waals surface area (Å²) in [5.74, 6) is -9.01. The van der Waals surface area contributed by atoms with Crippen LogP contribution in [0.4, 0.5) is 13.2 Å². The molecule has 0 bridgehead atoms. The molecule has 5 atom stereocenters. The molecule has 0 spiro atoms. The monoisotopic (exact) mass is 595 g/mol. The van der Waals surface area contributed by atoms with Gasteiger partial charge in [-0.05, 0) is 69.9 Å². The second-order valence-electron chi connectivity index (χ2n) is 11.6. The molecule has 1 amide bonds. The molecule has 0 aliphatic heterocycles. The summed E-state index contributed by atoms with van der Waals surface area (Å²) in [5, 5.41) is 44.8. The third-order valence-corrected chi connectivity index (χ3v) is 9.08. The second-order valence-corrected chi connectivity index (χ2v) is 11.6. The third-order valence-electron chi connectivity index (χ3n) is 9.08. The van der Waals surface area contributed by atoms with E-state index in [0.29, 0.717) is 13.0 Å². The van der Waals surface area contributed by atoms with E-state index >= 15 is 0 Å². The van der Waals surface area contributed by atoms with Crippen LogP contribution in [0.3, 0.4) is 0 Å². The van der Waals surface area contributed by atoms with E-state index < -0.39 is 98.7 Å². The first-order valence-electron chi connectivity index (χ1n) is 13.8. The number of alkyl halides is 3. The standard InChI is InChI=1S/C29H36F3N3O7/c1-6-12(3)35(7-2)11-14-10-17(36)19-15(21(14)29(30,31)32)8-13-9-16-22(34(4)5)24(38)20(27(33)41)26(40)28(16,42)25(39)18(13)23(19)37/h10,12-13,16,22,36-37,40,42H,6-9,11H2,1-5H3,(H2,33,41)/t12-,13-,16-,22-,28-/m0/s1. The SMILES string of the molecule is CC[C@H](C)N(CC)Cc1cc(O)c2c(c1C(F)(F)F)C[C@H]1C[C@H]3[C@H](N(C)C)C(=O)C(C(N)=O)=C(O)[C@@]3(O)C(=O)C1=C2O. The largest absolute Gasteiger partial charge is 0.508 e. The Morgan fingerprint density at radius 2 is 1.81 bits per heavy atom. The highest BCUT2D eigenvalue weighted by atomic mass is 19.4. The number of carbonyl (C=O) groups is 3. The average molecular weight is 596 g/mol. The van der Waals surface area contributed by atoms with Crippen LogP contribution in [0.1, 0.15) is 55.9 Å². The smallest absolute Gasteiger partial charge is 0.417 e. The third kappa shape index (κ3) is 4.58. The highest BCUT2D eigenvalue weighted by Crippen LogP contribution is 2.54. The first kappa shape index (κ1) is 31.5. The quantitative estimate of drug-likeness (QED) is 0.298. The lowest BCUT2D eigenvalue weighted by Gasteiger charge is -2.50. The van der Waals surface area contributed by atoms with Crippen molar-refractivity contribution < 1.29 is 48.0 Å². The Kier molecular flexibility index (Phi) is 8.02. The predicted molar refractivity (Wildman–Crippen MR) is 145 cm³/mol. The summed E-state index contributed by atoms with van der Waals surface area (Å²) in [6.07, 6.45) is -4.95. The number of aliphatic hydroxyl groups excluding tert-OH is 2. The number of nitrogens with two attached hydrogens (primary N) is 1. The summed E-state index contributed by atoms with van der Waals surface area (Å²) in [7, 11) is 2.88. The fraction of sp³-hybridized carbons (Fsp3) is 0.552. The van der Waals surface area contributed by atoms with Crippen molar-refractivity contribution in [3.05, 3.63) is 45.2 Å². The van der Waals surface area contributed by atoms with Crippen molar-refractivity contribution in [1.82, 2.24) is 9.80 Å². The molecule has 0 radical (unpaired) electrons. The van der Waals surface area contributed by atoms with Gasteiger partial charge in [0.1, 0.15) is 22.8 Å². The number of halogens is 3. The van der Waals surface area contributed by atoms with Crippen LogP contribution in [0.25, 0.3) is 5.76 Å². The number of phenols is 1. The number of aromatic hydroxyl groups is 1. The number of nitrogens with zero attached hydrogens (tertiary/aromatic N) is 2. The molecule has 0 aromatic heterocycles. The number of primary amides is 1. The first-order chi connectivity index (χ1) is 19.4. The zero-order chi connectivity index (χ0) is 31.6. The molecular formula is C29H36F3N3O7. The number of Topliss-reactive ketones (excluding diaryl/α,β-unsaturated/α-hetero) is 2. The maximum atomic E-state index is 14.7. The number of carbonyl (C=O) groups excluding carboxylic acids is 3. The summed E-state index contributed by atoms with van der Waals surface area (Å²) in [5.41, 5.74) is -1.26. The zero-order valence-electron chi connectivity index (χ0n) is 24.0. The molecule has 1 saturated carbocycles. The van der Waals surface area contributed by atoms with Gasteiger partial charge in [-0.15, -0.1) is 0 Å². The van der Waals surface area contributed by atoms with Gasteiger partial charge in [0.15, 0.2) is 11.4 Å². The Bertz CT molecular complexity index is 1420. The van der Waals surface area contributed by atoms with E-state index in [0.717, 1.165) is 6.07 Å². The lowest BCUT2D eigenvalue weighted by molar-refractivity contribution is -0.153. The molecule has 0 heterocycles. The van der Waals surface area contributed by atoms with Crippen molar-refractivity contribution in [2.45, 2.75) is 70.4 Å². The van der Waals surface area contributed by atoms with Crippen LogP contribution in [-0.4, -0.2) is 86.0 Å². The number of aliphatic hydroxyl groups is 3. The summed E-state index contributed by atoms with van der Waals surface area (Å²) < 4.78 is 44.1. The normalized spacial score (nSPS) is 26.9. The molecule has 3 aliphatic rings. The van der Waals surface area contributed by atoms with E-state index in [9.17, 15) is 48.0 Å². The Balaban J connectivity index is 1.97. The van der Waals surface area contributed by atoms with Gasteiger partial charge in [0, 0.05) is 24.1 Å². The van der Waals surface area contributed by atoms with Crippen LogP contribution in [0.5, 0.6) is 5.75 Å². The fourth-order valence-corrected chi connectivity index (χ4v) is 6.92. The van der Waals surface area contributed by atoms with E-state index in [1.54, 1.807) is 0 Å². The van der Waals surface area contributed by atoms with Gasteiger partial charge in [-0.2, -0.15) is 13.2 Å². The molecule has 3 aliphatic carbocycles. The molecule has 1 aromatic rings. The summed E-state index contributed by atoms with van der Waals surface area (Å²) in [6, 6.07) is -0.461. The average Bonchev–Trinajstić information content (AvgIpc) is 2.87. The van der Waals surface area contributed by atoms with Gasteiger partial charge in [0.2, 0.25) is 5.78 Å². The molecule has 0 saturated heterocycles. The number of benzene rings is 1. The Morgan fingerprint density at radius 1 is 1.19 bits per heavy atom. The van der Waals surface area contributed by atoms with Crippen molar-refractivity contribution in [2.24, 2.45) is 17.6 Å². The van der Waals surface area contributed by atoms with Gasteiger partial charge in [-0.25, -0.2) is 0 Å². The predicted octanol–water partition coefficient (Wildman–Crippen LogP) is 2.60. The number of hydrogen-bond acceptors (Lipinski definition) is 9. The number of rotatable bonds is 7. The van der Waals surface area contributed by atoms with Crippen molar-refractivity contribution in [1.29, 1.82) is 0 Å². The molecule has 10 nitrogen and oxygen atoms in total. The zero-order valence-corrected chi connectivity index (χ0v) is 24.0. The molecular weight excluding hydrogens is 559 g/mol. The molecule has 230 valence electrons.